The number of aliphatic carboxylic acids is 1. The molecule has 8 heteroatoms. The van der Waals surface area contributed by atoms with E-state index in [1.807, 2.05) is 25.7 Å². The van der Waals surface area contributed by atoms with Gasteiger partial charge in [0.1, 0.15) is 11.6 Å². The predicted molar refractivity (Wildman–Crippen MR) is 97.3 cm³/mol. The fourth-order valence-electron chi connectivity index (χ4n) is 3.40. The van der Waals surface area contributed by atoms with Crippen LogP contribution in [0.25, 0.3) is 0 Å². The molecule has 2 rings (SSSR count). The lowest BCUT2D eigenvalue weighted by Crippen LogP contribution is -2.56. The minimum atomic E-state index is -0.868. The molecule has 0 aliphatic heterocycles. The quantitative estimate of drug-likeness (QED) is 0.645. The SMILES string of the molecule is CCN(CC(=O)O)C1CC(NC(=O)NC(c2ccc(F)cc2F)C(C)C)C1. The van der Waals surface area contributed by atoms with Gasteiger partial charge in [-0.25, -0.2) is 13.6 Å². The second kappa shape index (κ2) is 9.12. The molecule has 1 unspecified atom stereocenters. The summed E-state index contributed by atoms with van der Waals surface area (Å²) in [4.78, 5) is 25.0. The third-order valence-corrected chi connectivity index (χ3v) is 4.96. The van der Waals surface area contributed by atoms with E-state index in [2.05, 4.69) is 10.6 Å². The summed E-state index contributed by atoms with van der Waals surface area (Å²) in [5, 5.41) is 14.5. The molecule has 1 fully saturated rings. The average Bonchev–Trinajstić information content (AvgIpc) is 2.54. The van der Waals surface area contributed by atoms with Gasteiger partial charge in [-0.2, -0.15) is 0 Å². The highest BCUT2D eigenvalue weighted by atomic mass is 19.1. The van der Waals surface area contributed by atoms with E-state index in [1.165, 1.54) is 12.1 Å². The van der Waals surface area contributed by atoms with Crippen LogP contribution in [0.1, 0.15) is 45.2 Å². The number of hydrogen-bond acceptors (Lipinski definition) is 3. The molecule has 1 atom stereocenters. The summed E-state index contributed by atoms with van der Waals surface area (Å²) in [5.74, 6) is -2.31. The molecule has 3 N–H and O–H groups in total. The number of likely N-dealkylation sites (N-methyl/N-ethyl adjacent to an activating group) is 1. The maximum atomic E-state index is 14.1. The summed E-state index contributed by atoms with van der Waals surface area (Å²) in [6, 6.07) is 2.41. The molecule has 1 aromatic carbocycles. The van der Waals surface area contributed by atoms with Crippen molar-refractivity contribution in [2.24, 2.45) is 5.92 Å². The van der Waals surface area contributed by atoms with Crippen molar-refractivity contribution in [3.8, 4) is 0 Å². The molecular formula is C19H27F2N3O3. The topological polar surface area (TPSA) is 81.7 Å². The molecule has 0 radical (unpaired) electrons. The predicted octanol–water partition coefficient (Wildman–Crippen LogP) is 2.90. The van der Waals surface area contributed by atoms with Crippen LogP contribution in [-0.2, 0) is 4.79 Å². The standard InChI is InChI=1S/C19H27F2N3O3/c1-4-24(10-17(25)26)14-8-13(9-14)22-19(27)23-18(11(2)3)15-6-5-12(20)7-16(15)21/h5-7,11,13-14,18H,4,8-10H2,1-3H3,(H,25,26)(H2,22,23,27). The highest BCUT2D eigenvalue weighted by Crippen LogP contribution is 2.27. The van der Waals surface area contributed by atoms with Crippen molar-refractivity contribution in [3.05, 3.63) is 35.4 Å². The number of carboxylic acid groups (broad SMARTS) is 1. The highest BCUT2D eigenvalue weighted by Gasteiger charge is 2.35. The van der Waals surface area contributed by atoms with Crippen molar-refractivity contribution in [2.45, 2.75) is 51.7 Å². The van der Waals surface area contributed by atoms with Gasteiger partial charge in [0.05, 0.1) is 12.6 Å². The van der Waals surface area contributed by atoms with Crippen LogP contribution in [0.15, 0.2) is 18.2 Å². The smallest absolute Gasteiger partial charge is 0.317 e. The molecule has 0 heterocycles. The molecule has 1 saturated carbocycles. The van der Waals surface area contributed by atoms with E-state index in [4.69, 9.17) is 5.11 Å². The van der Waals surface area contributed by atoms with E-state index in [-0.39, 0.29) is 30.1 Å². The highest BCUT2D eigenvalue weighted by molar-refractivity contribution is 5.75. The van der Waals surface area contributed by atoms with Crippen LogP contribution in [0.5, 0.6) is 0 Å². The van der Waals surface area contributed by atoms with Crippen LogP contribution in [0.2, 0.25) is 0 Å². The second-order valence-electron chi connectivity index (χ2n) is 7.28. The number of nitrogens with zero attached hydrogens (tertiary/aromatic N) is 1. The van der Waals surface area contributed by atoms with Crippen molar-refractivity contribution in [1.82, 2.24) is 15.5 Å². The Morgan fingerprint density at radius 2 is 1.96 bits per heavy atom. The van der Waals surface area contributed by atoms with Gasteiger partial charge in [0.2, 0.25) is 0 Å². The fourth-order valence-corrected chi connectivity index (χ4v) is 3.40. The third kappa shape index (κ3) is 5.63. The van der Waals surface area contributed by atoms with Crippen molar-refractivity contribution in [2.75, 3.05) is 13.1 Å². The summed E-state index contributed by atoms with van der Waals surface area (Å²) in [6.07, 6.45) is 1.34. The Hall–Kier alpha value is -2.22. The first-order chi connectivity index (χ1) is 12.7. The first-order valence-electron chi connectivity index (χ1n) is 9.19. The lowest BCUT2D eigenvalue weighted by atomic mass is 9.85. The first-order valence-corrected chi connectivity index (χ1v) is 9.19. The molecule has 0 aromatic heterocycles. The number of rotatable bonds is 8. The molecular weight excluding hydrogens is 356 g/mol. The average molecular weight is 383 g/mol. The number of halogens is 2. The summed E-state index contributed by atoms with van der Waals surface area (Å²) in [7, 11) is 0. The van der Waals surface area contributed by atoms with Gasteiger partial charge < -0.3 is 15.7 Å². The number of urea groups is 1. The van der Waals surface area contributed by atoms with Crippen LogP contribution >= 0.6 is 0 Å². The summed E-state index contributed by atoms with van der Waals surface area (Å²) in [5.41, 5.74) is 0.242. The van der Waals surface area contributed by atoms with E-state index in [0.29, 0.717) is 19.4 Å². The molecule has 0 bridgehead atoms. The van der Waals surface area contributed by atoms with E-state index >= 15 is 0 Å². The molecule has 6 nitrogen and oxygen atoms in total. The largest absolute Gasteiger partial charge is 0.480 e. The number of carbonyl (C=O) groups is 2. The molecule has 2 amide bonds. The van der Waals surface area contributed by atoms with Crippen molar-refractivity contribution >= 4 is 12.0 Å². The van der Waals surface area contributed by atoms with Crippen LogP contribution < -0.4 is 10.6 Å². The molecule has 0 saturated heterocycles. The zero-order valence-corrected chi connectivity index (χ0v) is 15.8. The van der Waals surface area contributed by atoms with Gasteiger partial charge in [-0.05, 0) is 31.4 Å². The molecule has 0 spiro atoms. The monoisotopic (exact) mass is 383 g/mol. The van der Waals surface area contributed by atoms with Crippen LogP contribution in [-0.4, -0.2) is 47.2 Å². The number of carboxylic acids is 1. The Morgan fingerprint density at radius 3 is 2.48 bits per heavy atom. The number of benzene rings is 1. The van der Waals surface area contributed by atoms with E-state index in [1.54, 1.807) is 0 Å². The Balaban J connectivity index is 1.90. The summed E-state index contributed by atoms with van der Waals surface area (Å²) >= 11 is 0. The van der Waals surface area contributed by atoms with E-state index in [0.717, 1.165) is 6.07 Å². The van der Waals surface area contributed by atoms with Gasteiger partial charge in [-0.3, -0.25) is 9.69 Å². The Bertz CT molecular complexity index is 678. The first kappa shape index (κ1) is 21.1. The van der Waals surface area contributed by atoms with Crippen molar-refractivity contribution < 1.29 is 23.5 Å². The van der Waals surface area contributed by atoms with Crippen LogP contribution in [0.3, 0.4) is 0 Å². The lowest BCUT2D eigenvalue weighted by molar-refractivity contribution is -0.139. The van der Waals surface area contributed by atoms with Gasteiger partial charge in [0.25, 0.3) is 0 Å². The zero-order chi connectivity index (χ0) is 20.1. The number of nitrogens with one attached hydrogen (secondary N) is 2. The molecule has 1 aromatic rings. The number of hydrogen-bond donors (Lipinski definition) is 3. The number of amides is 2. The Morgan fingerprint density at radius 1 is 1.30 bits per heavy atom. The van der Waals surface area contributed by atoms with Crippen molar-refractivity contribution in [1.29, 1.82) is 0 Å². The second-order valence-corrected chi connectivity index (χ2v) is 7.28. The van der Waals surface area contributed by atoms with Crippen LogP contribution in [0.4, 0.5) is 13.6 Å². The minimum absolute atomic E-state index is 0.0145. The van der Waals surface area contributed by atoms with Gasteiger partial charge in [-0.15, -0.1) is 0 Å². The van der Waals surface area contributed by atoms with Crippen LogP contribution in [0, 0.1) is 17.6 Å². The molecule has 27 heavy (non-hydrogen) atoms. The maximum Gasteiger partial charge on any atom is 0.317 e. The minimum Gasteiger partial charge on any atom is -0.480 e. The lowest BCUT2D eigenvalue weighted by Gasteiger charge is -2.42. The molecule has 1 aliphatic rings. The summed E-state index contributed by atoms with van der Waals surface area (Å²) in [6.45, 7) is 6.21. The fraction of sp³-hybridized carbons (Fsp3) is 0.579. The van der Waals surface area contributed by atoms with E-state index in [9.17, 15) is 18.4 Å². The van der Waals surface area contributed by atoms with E-state index < -0.39 is 29.7 Å². The zero-order valence-electron chi connectivity index (χ0n) is 15.8. The Labute approximate surface area is 157 Å². The van der Waals surface area contributed by atoms with Crippen molar-refractivity contribution in [3.63, 3.8) is 0 Å². The normalized spacial score (nSPS) is 20.3. The summed E-state index contributed by atoms with van der Waals surface area (Å²) < 4.78 is 27.2. The third-order valence-electron chi connectivity index (χ3n) is 4.96. The van der Waals surface area contributed by atoms with Gasteiger partial charge in [0, 0.05) is 23.7 Å². The molecule has 1 aliphatic carbocycles. The van der Waals surface area contributed by atoms with Gasteiger partial charge in [0.15, 0.2) is 0 Å². The van der Waals surface area contributed by atoms with Gasteiger partial charge >= 0.3 is 12.0 Å². The molecule has 150 valence electrons. The maximum absolute atomic E-state index is 14.1. The number of carbonyl (C=O) groups excluding carboxylic acids is 1. The Kier molecular flexibility index (Phi) is 7.12. The van der Waals surface area contributed by atoms with Gasteiger partial charge in [-0.1, -0.05) is 26.8 Å².